The van der Waals surface area contributed by atoms with E-state index in [4.69, 9.17) is 0 Å². The molecule has 7 heteroatoms. The van der Waals surface area contributed by atoms with Gasteiger partial charge < -0.3 is 10.6 Å². The lowest BCUT2D eigenvalue weighted by Crippen LogP contribution is -2.28. The van der Waals surface area contributed by atoms with E-state index in [1.165, 1.54) is 17.7 Å². The van der Waals surface area contributed by atoms with Crippen LogP contribution in [0.2, 0.25) is 0 Å². The Labute approximate surface area is 162 Å². The molecule has 1 unspecified atom stereocenters. The highest BCUT2D eigenvalue weighted by Crippen LogP contribution is 2.43. The number of amides is 2. The summed E-state index contributed by atoms with van der Waals surface area (Å²) in [6.07, 6.45) is 8.90. The van der Waals surface area contributed by atoms with Crippen molar-refractivity contribution in [1.29, 1.82) is 0 Å². The van der Waals surface area contributed by atoms with Gasteiger partial charge in [0.1, 0.15) is 5.00 Å². The van der Waals surface area contributed by atoms with E-state index in [9.17, 15) is 9.59 Å². The van der Waals surface area contributed by atoms with Gasteiger partial charge in [0.25, 0.3) is 5.91 Å². The summed E-state index contributed by atoms with van der Waals surface area (Å²) in [5.74, 6) is 1.14. The van der Waals surface area contributed by atoms with Crippen LogP contribution in [0.1, 0.15) is 64.5 Å². The molecule has 1 atom stereocenters. The number of hydrogen-bond acceptors (Lipinski definition) is 4. The maximum atomic E-state index is 13.0. The first kappa shape index (κ1) is 17.0. The van der Waals surface area contributed by atoms with Crippen molar-refractivity contribution in [3.8, 4) is 0 Å². The first-order valence-electron chi connectivity index (χ1n) is 9.92. The van der Waals surface area contributed by atoms with Crippen LogP contribution in [-0.2, 0) is 17.6 Å². The average Bonchev–Trinajstić information content (AvgIpc) is 3.59. The number of aryl methyl sites for hydroxylation is 1. The third-order valence-corrected chi connectivity index (χ3v) is 7.09. The fourth-order valence-electron chi connectivity index (χ4n) is 3.88. The number of anilines is 1. The Morgan fingerprint density at radius 3 is 2.78 bits per heavy atom. The monoisotopic (exact) mass is 384 g/mol. The van der Waals surface area contributed by atoms with E-state index in [-0.39, 0.29) is 17.7 Å². The average molecular weight is 385 g/mol. The minimum Gasteiger partial charge on any atom is -0.352 e. The maximum absolute atomic E-state index is 13.0. The van der Waals surface area contributed by atoms with Crippen LogP contribution < -0.4 is 10.6 Å². The van der Waals surface area contributed by atoms with E-state index in [1.54, 1.807) is 17.5 Å². The topological polar surface area (TPSA) is 86.9 Å². The number of aromatic amines is 1. The quantitative estimate of drug-likeness (QED) is 0.715. The Balaban J connectivity index is 1.44. The van der Waals surface area contributed by atoms with Gasteiger partial charge in [-0.15, -0.1) is 11.3 Å². The normalized spacial score (nSPS) is 21.6. The molecular weight excluding hydrogens is 360 g/mol. The molecule has 5 rings (SSSR count). The number of H-pyrrole nitrogens is 1. The number of aromatic nitrogens is 2. The van der Waals surface area contributed by atoms with Crippen molar-refractivity contribution in [3.05, 3.63) is 34.0 Å². The van der Waals surface area contributed by atoms with Crippen LogP contribution in [0.4, 0.5) is 5.00 Å². The van der Waals surface area contributed by atoms with Crippen LogP contribution in [0.3, 0.4) is 0 Å². The molecule has 0 spiro atoms. The van der Waals surface area contributed by atoms with Gasteiger partial charge in [0, 0.05) is 35.1 Å². The van der Waals surface area contributed by atoms with E-state index < -0.39 is 0 Å². The van der Waals surface area contributed by atoms with Crippen molar-refractivity contribution in [2.45, 2.75) is 50.9 Å². The molecule has 2 fully saturated rings. The molecule has 0 saturated heterocycles. The van der Waals surface area contributed by atoms with Crippen molar-refractivity contribution in [2.75, 3.05) is 11.9 Å². The van der Waals surface area contributed by atoms with Gasteiger partial charge in [-0.3, -0.25) is 14.7 Å². The molecule has 0 aromatic carbocycles. The number of carbonyl (C=O) groups is 2. The molecule has 3 N–H and O–H groups in total. The Hall–Kier alpha value is -2.15. The third kappa shape index (κ3) is 3.52. The predicted octanol–water partition coefficient (Wildman–Crippen LogP) is 3.23. The number of carbonyl (C=O) groups excluding carboxylic acids is 2. The number of hydrogen-bond donors (Lipinski definition) is 3. The Kier molecular flexibility index (Phi) is 4.27. The maximum Gasteiger partial charge on any atom is 0.254 e. The molecule has 2 amide bonds. The van der Waals surface area contributed by atoms with Gasteiger partial charge >= 0.3 is 0 Å². The van der Waals surface area contributed by atoms with Gasteiger partial charge in [-0.05, 0) is 62.5 Å². The summed E-state index contributed by atoms with van der Waals surface area (Å²) in [6, 6.07) is 2.02. The van der Waals surface area contributed by atoms with Gasteiger partial charge in [0.15, 0.2) is 0 Å². The summed E-state index contributed by atoms with van der Waals surface area (Å²) in [5.41, 5.74) is 2.94. The molecule has 2 aromatic heterocycles. The number of nitrogens with one attached hydrogen (secondary N) is 3. The molecule has 3 aliphatic rings. The molecule has 2 saturated carbocycles. The van der Waals surface area contributed by atoms with E-state index in [0.29, 0.717) is 17.4 Å². The van der Waals surface area contributed by atoms with Crippen molar-refractivity contribution in [3.63, 3.8) is 0 Å². The summed E-state index contributed by atoms with van der Waals surface area (Å²) in [6.45, 7) is 0.740. The molecule has 27 heavy (non-hydrogen) atoms. The smallest absolute Gasteiger partial charge is 0.254 e. The molecule has 0 radical (unpaired) electrons. The summed E-state index contributed by atoms with van der Waals surface area (Å²) in [7, 11) is 0. The number of thiophene rings is 1. The van der Waals surface area contributed by atoms with E-state index in [1.807, 2.05) is 6.07 Å². The van der Waals surface area contributed by atoms with Gasteiger partial charge in [-0.2, -0.15) is 5.10 Å². The Morgan fingerprint density at radius 1 is 1.22 bits per heavy atom. The van der Waals surface area contributed by atoms with Crippen LogP contribution in [0.5, 0.6) is 0 Å². The largest absolute Gasteiger partial charge is 0.352 e. The van der Waals surface area contributed by atoms with Crippen LogP contribution in [0.15, 0.2) is 12.3 Å². The van der Waals surface area contributed by atoms with Crippen molar-refractivity contribution in [1.82, 2.24) is 15.5 Å². The molecule has 3 aliphatic carbocycles. The Morgan fingerprint density at radius 2 is 2.07 bits per heavy atom. The second-order valence-corrected chi connectivity index (χ2v) is 9.18. The summed E-state index contributed by atoms with van der Waals surface area (Å²) < 4.78 is 0. The minimum absolute atomic E-state index is 0.0317. The summed E-state index contributed by atoms with van der Waals surface area (Å²) >= 11 is 1.59. The van der Waals surface area contributed by atoms with Crippen LogP contribution in [0, 0.1) is 11.8 Å². The molecule has 6 nitrogen and oxygen atoms in total. The Bertz CT molecular complexity index is 865. The zero-order chi connectivity index (χ0) is 18.4. The summed E-state index contributed by atoms with van der Waals surface area (Å²) in [5, 5.41) is 14.1. The first-order valence-corrected chi connectivity index (χ1v) is 10.7. The standard InChI is InChI=1S/C20H24N4O2S/c25-18(12-3-4-12)23-20-17(19(26)21-10-11-1-2-11)14-9-13(5-6-16(14)27-20)15-7-8-22-24-15/h7-8,11-13H,1-6,9-10H2,(H,21,26)(H,22,24)(H,23,25). The van der Waals surface area contributed by atoms with Crippen molar-refractivity contribution >= 4 is 28.2 Å². The first-order chi connectivity index (χ1) is 13.2. The molecule has 142 valence electrons. The zero-order valence-electron chi connectivity index (χ0n) is 15.2. The molecule has 2 heterocycles. The molecule has 0 aliphatic heterocycles. The highest BCUT2D eigenvalue weighted by Gasteiger charge is 2.34. The number of rotatable bonds is 6. The fraction of sp³-hybridized carbons (Fsp3) is 0.550. The second-order valence-electron chi connectivity index (χ2n) is 8.08. The number of fused-ring (bicyclic) bond motifs is 1. The lowest BCUT2D eigenvalue weighted by molar-refractivity contribution is -0.117. The van der Waals surface area contributed by atoms with E-state index in [2.05, 4.69) is 20.8 Å². The number of nitrogens with zero attached hydrogens (tertiary/aromatic N) is 1. The molecule has 2 aromatic rings. The van der Waals surface area contributed by atoms with Gasteiger partial charge in [-0.1, -0.05) is 0 Å². The SMILES string of the molecule is O=C(NCC1CC1)c1c(NC(=O)C2CC2)sc2c1CC(c1ccn[nH]1)CC2. The van der Waals surface area contributed by atoms with Crippen molar-refractivity contribution < 1.29 is 9.59 Å². The van der Waals surface area contributed by atoms with Crippen LogP contribution >= 0.6 is 11.3 Å². The minimum atomic E-state index is -0.0317. The van der Waals surface area contributed by atoms with Crippen LogP contribution in [-0.4, -0.2) is 28.6 Å². The second kappa shape index (κ2) is 6.78. The highest BCUT2D eigenvalue weighted by atomic mass is 32.1. The predicted molar refractivity (Wildman–Crippen MR) is 104 cm³/mol. The molecular formula is C20H24N4O2S. The lowest BCUT2D eigenvalue weighted by Gasteiger charge is -2.22. The van der Waals surface area contributed by atoms with Crippen LogP contribution in [0.25, 0.3) is 0 Å². The van der Waals surface area contributed by atoms with Crippen molar-refractivity contribution in [2.24, 2.45) is 11.8 Å². The summed E-state index contributed by atoms with van der Waals surface area (Å²) in [4.78, 5) is 26.6. The van der Waals surface area contributed by atoms with Gasteiger partial charge in [0.2, 0.25) is 5.91 Å². The zero-order valence-corrected chi connectivity index (χ0v) is 16.0. The van der Waals surface area contributed by atoms with Gasteiger partial charge in [0.05, 0.1) is 5.56 Å². The lowest BCUT2D eigenvalue weighted by atomic mass is 9.84. The van der Waals surface area contributed by atoms with E-state index in [0.717, 1.165) is 54.9 Å². The van der Waals surface area contributed by atoms with Gasteiger partial charge in [-0.25, -0.2) is 0 Å². The highest BCUT2D eigenvalue weighted by molar-refractivity contribution is 7.17. The fourth-order valence-corrected chi connectivity index (χ4v) is 5.12. The third-order valence-electron chi connectivity index (χ3n) is 5.88. The van der Waals surface area contributed by atoms with E-state index >= 15 is 0 Å². The molecule has 0 bridgehead atoms.